The van der Waals surface area contributed by atoms with Crippen molar-refractivity contribution in [2.24, 2.45) is 0 Å². The van der Waals surface area contributed by atoms with E-state index in [0.29, 0.717) is 10.9 Å². The lowest BCUT2D eigenvalue weighted by Crippen LogP contribution is -1.99. The zero-order valence-electron chi connectivity index (χ0n) is 9.15. The number of aromatic nitrogens is 2. The molecule has 0 aliphatic carbocycles. The number of nitrogens with zero attached hydrogens (tertiary/aromatic N) is 3. The van der Waals surface area contributed by atoms with Gasteiger partial charge >= 0.3 is 0 Å². The van der Waals surface area contributed by atoms with Gasteiger partial charge < -0.3 is 0 Å². The number of benzene rings is 1. The zero-order valence-corrected chi connectivity index (χ0v) is 9.97. The van der Waals surface area contributed by atoms with E-state index in [1.54, 1.807) is 18.5 Å². The summed E-state index contributed by atoms with van der Waals surface area (Å²) in [6.07, 6.45) is 3.42. The number of thioether (sulfide) groups is 1. The summed E-state index contributed by atoms with van der Waals surface area (Å²) in [5.41, 5.74) is 1.04. The summed E-state index contributed by atoms with van der Waals surface area (Å²) in [7, 11) is 0. The van der Waals surface area contributed by atoms with Crippen molar-refractivity contribution in [1.82, 2.24) is 9.97 Å². The first-order valence-corrected chi connectivity index (χ1v) is 6.23. The quantitative estimate of drug-likeness (QED) is 0.610. The predicted molar refractivity (Wildman–Crippen MR) is 67.6 cm³/mol. The van der Waals surface area contributed by atoms with Crippen LogP contribution in [0.4, 0.5) is 0 Å². The Morgan fingerprint density at radius 3 is 2.47 bits per heavy atom. The normalized spacial score (nSPS) is 11.7. The molecule has 3 nitrogen and oxygen atoms in total. The summed E-state index contributed by atoms with van der Waals surface area (Å²) in [6, 6.07) is 13.9. The molecule has 0 amide bonds. The van der Waals surface area contributed by atoms with Crippen LogP contribution in [0.25, 0.3) is 0 Å². The average molecular weight is 241 g/mol. The summed E-state index contributed by atoms with van der Waals surface area (Å²) in [5.74, 6) is 0.551. The second-order valence-corrected chi connectivity index (χ2v) is 4.42. The molecule has 1 heterocycles. The Morgan fingerprint density at radius 2 is 1.82 bits per heavy atom. The van der Waals surface area contributed by atoms with E-state index in [9.17, 15) is 0 Å². The minimum Gasteiger partial charge on any atom is -0.231 e. The van der Waals surface area contributed by atoms with Gasteiger partial charge in [-0.15, -0.1) is 0 Å². The molecule has 0 aliphatic rings. The smallest absolute Gasteiger partial charge is 0.187 e. The van der Waals surface area contributed by atoms with Crippen molar-refractivity contribution < 1.29 is 0 Å². The summed E-state index contributed by atoms with van der Waals surface area (Å²) >= 11 is 1.50. The molecule has 1 aromatic carbocycles. The van der Waals surface area contributed by atoms with Crippen LogP contribution < -0.4 is 0 Å². The molecule has 0 saturated heterocycles. The first-order chi connectivity index (χ1) is 8.40. The number of rotatable bonds is 4. The van der Waals surface area contributed by atoms with Crippen molar-refractivity contribution in [3.05, 3.63) is 54.4 Å². The van der Waals surface area contributed by atoms with Gasteiger partial charge in [0, 0.05) is 18.1 Å². The molecule has 0 bridgehead atoms. The molecule has 0 radical (unpaired) electrons. The van der Waals surface area contributed by atoms with Gasteiger partial charge in [-0.3, -0.25) is 0 Å². The van der Waals surface area contributed by atoms with E-state index in [2.05, 4.69) is 16.0 Å². The Hall–Kier alpha value is -1.86. The minimum absolute atomic E-state index is 0.120. The van der Waals surface area contributed by atoms with Gasteiger partial charge in [-0.05, 0) is 11.6 Å². The molecule has 17 heavy (non-hydrogen) atoms. The Kier molecular flexibility index (Phi) is 4.11. The summed E-state index contributed by atoms with van der Waals surface area (Å²) in [4.78, 5) is 8.24. The fourth-order valence-corrected chi connectivity index (χ4v) is 2.26. The van der Waals surface area contributed by atoms with Gasteiger partial charge in [0.05, 0.1) is 12.0 Å². The molecular weight excluding hydrogens is 230 g/mol. The van der Waals surface area contributed by atoms with E-state index in [1.165, 1.54) is 11.8 Å². The second kappa shape index (κ2) is 6.02. The van der Waals surface area contributed by atoms with Gasteiger partial charge in [0.1, 0.15) is 0 Å². The van der Waals surface area contributed by atoms with Gasteiger partial charge in [0.25, 0.3) is 0 Å². The van der Waals surface area contributed by atoms with Crippen LogP contribution >= 0.6 is 11.8 Å². The van der Waals surface area contributed by atoms with Crippen LogP contribution in [0.2, 0.25) is 0 Å². The Bertz CT molecular complexity index is 493. The average Bonchev–Trinajstić information content (AvgIpc) is 2.42. The molecule has 1 unspecified atom stereocenters. The van der Waals surface area contributed by atoms with Crippen LogP contribution in [0.3, 0.4) is 0 Å². The Labute approximate surface area is 105 Å². The van der Waals surface area contributed by atoms with Crippen molar-refractivity contribution in [2.75, 3.05) is 5.75 Å². The molecular formula is C13H11N3S. The standard InChI is InChI=1S/C13H11N3S/c14-9-12(11-5-2-1-3-6-11)10-17-13-15-7-4-8-16-13/h1-8,12H,10H2. The van der Waals surface area contributed by atoms with Gasteiger partial charge in [-0.1, -0.05) is 42.1 Å². The van der Waals surface area contributed by atoms with E-state index in [4.69, 9.17) is 5.26 Å². The molecule has 0 aliphatic heterocycles. The van der Waals surface area contributed by atoms with Gasteiger partial charge in [-0.2, -0.15) is 5.26 Å². The lowest BCUT2D eigenvalue weighted by molar-refractivity contribution is 0.947. The van der Waals surface area contributed by atoms with Crippen LogP contribution in [-0.4, -0.2) is 15.7 Å². The second-order valence-electron chi connectivity index (χ2n) is 3.43. The molecule has 84 valence electrons. The summed E-state index contributed by atoms with van der Waals surface area (Å²) < 4.78 is 0. The maximum Gasteiger partial charge on any atom is 0.187 e. The molecule has 4 heteroatoms. The SMILES string of the molecule is N#CC(CSc1ncccn1)c1ccccc1. The Morgan fingerprint density at radius 1 is 1.12 bits per heavy atom. The molecule has 2 aromatic rings. The predicted octanol–water partition coefficient (Wildman–Crippen LogP) is 2.88. The lowest BCUT2D eigenvalue weighted by atomic mass is 10.0. The molecule has 0 spiro atoms. The highest BCUT2D eigenvalue weighted by Crippen LogP contribution is 2.23. The van der Waals surface area contributed by atoms with Crippen LogP contribution in [0.1, 0.15) is 11.5 Å². The number of hydrogen-bond donors (Lipinski definition) is 0. The zero-order chi connectivity index (χ0) is 11.9. The van der Waals surface area contributed by atoms with E-state index < -0.39 is 0 Å². The van der Waals surface area contributed by atoms with Crippen molar-refractivity contribution in [3.8, 4) is 6.07 Å². The largest absolute Gasteiger partial charge is 0.231 e. The highest BCUT2D eigenvalue weighted by molar-refractivity contribution is 7.99. The van der Waals surface area contributed by atoms with Gasteiger partial charge in [0.2, 0.25) is 0 Å². The maximum atomic E-state index is 9.15. The van der Waals surface area contributed by atoms with E-state index in [0.717, 1.165) is 5.56 Å². The minimum atomic E-state index is -0.120. The highest BCUT2D eigenvalue weighted by atomic mass is 32.2. The molecule has 2 rings (SSSR count). The third kappa shape index (κ3) is 3.30. The molecule has 0 fully saturated rings. The van der Waals surface area contributed by atoms with Crippen LogP contribution in [0.5, 0.6) is 0 Å². The third-order valence-electron chi connectivity index (χ3n) is 2.28. The fraction of sp³-hybridized carbons (Fsp3) is 0.154. The first kappa shape index (κ1) is 11.6. The molecule has 0 saturated carbocycles. The van der Waals surface area contributed by atoms with Crippen LogP contribution in [0.15, 0.2) is 53.9 Å². The summed E-state index contributed by atoms with van der Waals surface area (Å²) in [5, 5.41) is 9.87. The van der Waals surface area contributed by atoms with Gasteiger partial charge in [-0.25, -0.2) is 9.97 Å². The summed E-state index contributed by atoms with van der Waals surface area (Å²) in [6.45, 7) is 0. The number of nitriles is 1. The van der Waals surface area contributed by atoms with E-state index in [-0.39, 0.29) is 5.92 Å². The maximum absolute atomic E-state index is 9.15. The highest BCUT2D eigenvalue weighted by Gasteiger charge is 2.11. The van der Waals surface area contributed by atoms with Gasteiger partial charge in [0.15, 0.2) is 5.16 Å². The molecule has 1 atom stereocenters. The Balaban J connectivity index is 2.01. The third-order valence-corrected chi connectivity index (χ3v) is 3.25. The monoisotopic (exact) mass is 241 g/mol. The topological polar surface area (TPSA) is 49.6 Å². The fourth-order valence-electron chi connectivity index (χ4n) is 1.41. The van der Waals surface area contributed by atoms with Crippen molar-refractivity contribution >= 4 is 11.8 Å². The van der Waals surface area contributed by atoms with Crippen LogP contribution in [0, 0.1) is 11.3 Å². The van der Waals surface area contributed by atoms with Crippen LogP contribution in [-0.2, 0) is 0 Å². The molecule has 1 aromatic heterocycles. The van der Waals surface area contributed by atoms with Crippen molar-refractivity contribution in [3.63, 3.8) is 0 Å². The van der Waals surface area contributed by atoms with Crippen molar-refractivity contribution in [2.45, 2.75) is 11.1 Å². The van der Waals surface area contributed by atoms with E-state index >= 15 is 0 Å². The number of hydrogen-bond acceptors (Lipinski definition) is 4. The first-order valence-electron chi connectivity index (χ1n) is 5.24. The van der Waals surface area contributed by atoms with E-state index in [1.807, 2.05) is 30.3 Å². The lowest BCUT2D eigenvalue weighted by Gasteiger charge is -2.07. The molecule has 0 N–H and O–H groups in total. The van der Waals surface area contributed by atoms with Crippen molar-refractivity contribution in [1.29, 1.82) is 5.26 Å².